The van der Waals surface area contributed by atoms with Gasteiger partial charge < -0.3 is 13.9 Å². The lowest BCUT2D eigenvalue weighted by Crippen LogP contribution is -2.24. The van der Waals surface area contributed by atoms with E-state index in [-0.39, 0.29) is 5.97 Å². The summed E-state index contributed by atoms with van der Waals surface area (Å²) < 4.78 is 10.4. The summed E-state index contributed by atoms with van der Waals surface area (Å²) in [5, 5.41) is 0. The van der Waals surface area contributed by atoms with Gasteiger partial charge in [-0.05, 0) is 93.8 Å². The molecule has 1 aliphatic heterocycles. The highest BCUT2D eigenvalue weighted by molar-refractivity contribution is 5.97. The summed E-state index contributed by atoms with van der Waals surface area (Å²) in [7, 11) is 0. The summed E-state index contributed by atoms with van der Waals surface area (Å²) in [6.07, 6.45) is 8.13. The van der Waals surface area contributed by atoms with Gasteiger partial charge in [0.2, 0.25) is 0 Å². The Bertz CT molecular complexity index is 1780. The molecule has 3 heterocycles. The molecule has 0 radical (unpaired) electrons. The molecule has 6 heteroatoms. The number of esters is 1. The van der Waals surface area contributed by atoms with Crippen molar-refractivity contribution < 1.29 is 9.53 Å². The Kier molecular flexibility index (Phi) is 6.52. The summed E-state index contributed by atoms with van der Waals surface area (Å²) >= 11 is 0. The van der Waals surface area contributed by atoms with Gasteiger partial charge >= 0.3 is 5.97 Å². The molecule has 0 bridgehead atoms. The normalized spacial score (nSPS) is 15.1. The highest BCUT2D eigenvalue weighted by Gasteiger charge is 2.30. The summed E-state index contributed by atoms with van der Waals surface area (Å²) in [6.45, 7) is 9.67. The Morgan fingerprint density at radius 1 is 0.976 bits per heavy atom. The van der Waals surface area contributed by atoms with E-state index in [4.69, 9.17) is 14.7 Å². The number of aryl methyl sites for hydroxylation is 3. The molecule has 1 aliphatic carbocycles. The predicted octanol–water partition coefficient (Wildman–Crippen LogP) is 8.09. The van der Waals surface area contributed by atoms with Crippen LogP contribution in [0.1, 0.15) is 85.5 Å². The van der Waals surface area contributed by atoms with Crippen molar-refractivity contribution in [1.29, 1.82) is 0 Å². The molecule has 0 amide bonds. The second-order valence-electron chi connectivity index (χ2n) is 12.9. The van der Waals surface area contributed by atoms with Gasteiger partial charge in [0.25, 0.3) is 0 Å². The first kappa shape index (κ1) is 26.7. The van der Waals surface area contributed by atoms with E-state index in [1.165, 1.54) is 59.5 Å². The minimum atomic E-state index is -0.545. The fourth-order valence-corrected chi connectivity index (χ4v) is 6.15. The van der Waals surface area contributed by atoms with Crippen molar-refractivity contribution in [3.63, 3.8) is 0 Å². The summed E-state index contributed by atoms with van der Waals surface area (Å²) in [5.74, 6) is 2.62. The Morgan fingerprint density at radius 3 is 2.50 bits per heavy atom. The maximum Gasteiger partial charge on any atom is 0.339 e. The molecule has 0 atom stereocenters. The first-order valence-corrected chi connectivity index (χ1v) is 15.2. The fourth-order valence-electron chi connectivity index (χ4n) is 6.15. The van der Waals surface area contributed by atoms with E-state index in [1.807, 2.05) is 45.0 Å². The number of carbonyl (C=O) groups excluding carboxylic acids is 1. The number of aromatic nitrogens is 4. The third kappa shape index (κ3) is 5.15. The van der Waals surface area contributed by atoms with Crippen molar-refractivity contribution in [3.8, 4) is 22.4 Å². The second kappa shape index (κ2) is 10.3. The highest BCUT2D eigenvalue weighted by Crippen LogP contribution is 2.42. The van der Waals surface area contributed by atoms with Gasteiger partial charge in [-0.15, -0.1) is 0 Å². The van der Waals surface area contributed by atoms with Gasteiger partial charge in [-0.3, -0.25) is 0 Å². The lowest BCUT2D eigenvalue weighted by Gasteiger charge is -2.20. The average Bonchev–Trinajstić information content (AvgIpc) is 3.61. The van der Waals surface area contributed by atoms with E-state index in [9.17, 15) is 4.79 Å². The standard InChI is InChI=1S/C36H38N4O2/c1-23-19-27(30-22-39-18-8-7-11-32(39)37-30)20-31-33(23)38-34(26-16-17-26)40(31)21-24-12-14-25(15-13-24)28-9-5-6-10-29(28)35(41)42-36(2,3)4/h5-6,9-10,12-15,19-20,22,26H,7-8,11,16-18,21H2,1-4H3. The lowest BCUT2D eigenvalue weighted by atomic mass is 9.98. The van der Waals surface area contributed by atoms with Crippen LogP contribution in [0, 0.1) is 6.92 Å². The topological polar surface area (TPSA) is 61.9 Å². The summed E-state index contributed by atoms with van der Waals surface area (Å²) in [6, 6.07) is 20.8. The molecule has 1 saturated carbocycles. The molecule has 3 aromatic carbocycles. The van der Waals surface area contributed by atoms with Crippen LogP contribution in [0.5, 0.6) is 0 Å². The number of benzene rings is 3. The van der Waals surface area contributed by atoms with Crippen LogP contribution >= 0.6 is 0 Å². The molecule has 1 fully saturated rings. The fraction of sp³-hybridized carbons (Fsp3) is 0.361. The number of rotatable bonds is 6. The van der Waals surface area contributed by atoms with Gasteiger partial charge in [0.05, 0.1) is 22.3 Å². The Labute approximate surface area is 247 Å². The molecular weight excluding hydrogens is 520 g/mol. The number of imidazole rings is 2. The quantitative estimate of drug-likeness (QED) is 0.198. The van der Waals surface area contributed by atoms with E-state index in [0.717, 1.165) is 41.8 Å². The Hall–Kier alpha value is -4.19. The van der Waals surface area contributed by atoms with Crippen LogP contribution < -0.4 is 0 Å². The van der Waals surface area contributed by atoms with Crippen molar-refractivity contribution >= 4 is 17.0 Å². The Balaban J connectivity index is 1.23. The van der Waals surface area contributed by atoms with Crippen molar-refractivity contribution in [2.24, 2.45) is 0 Å². The average molecular weight is 559 g/mol. The van der Waals surface area contributed by atoms with Gasteiger partial charge in [-0.25, -0.2) is 14.8 Å². The van der Waals surface area contributed by atoms with Crippen LogP contribution in [-0.4, -0.2) is 30.7 Å². The van der Waals surface area contributed by atoms with Crippen molar-refractivity contribution in [3.05, 3.63) is 95.2 Å². The molecule has 214 valence electrons. The summed E-state index contributed by atoms with van der Waals surface area (Å²) in [5.41, 5.74) is 8.82. The van der Waals surface area contributed by atoms with Crippen LogP contribution in [0.3, 0.4) is 0 Å². The zero-order valence-corrected chi connectivity index (χ0v) is 25.0. The Morgan fingerprint density at radius 2 is 1.76 bits per heavy atom. The minimum Gasteiger partial charge on any atom is -0.456 e. The molecule has 0 saturated heterocycles. The van der Waals surface area contributed by atoms with Crippen LogP contribution in [0.15, 0.2) is 66.9 Å². The van der Waals surface area contributed by atoms with E-state index >= 15 is 0 Å². The molecular formula is C36H38N4O2. The smallest absolute Gasteiger partial charge is 0.339 e. The molecule has 5 aromatic rings. The minimum absolute atomic E-state index is 0.300. The van der Waals surface area contributed by atoms with Gasteiger partial charge in [0, 0.05) is 37.2 Å². The van der Waals surface area contributed by atoms with Crippen molar-refractivity contribution in [1.82, 2.24) is 19.1 Å². The van der Waals surface area contributed by atoms with Crippen molar-refractivity contribution in [2.75, 3.05) is 0 Å². The number of hydrogen-bond donors (Lipinski definition) is 0. The van der Waals surface area contributed by atoms with Gasteiger partial charge in [0.1, 0.15) is 17.2 Å². The highest BCUT2D eigenvalue weighted by atomic mass is 16.6. The maximum absolute atomic E-state index is 12.9. The van der Waals surface area contributed by atoms with Crippen LogP contribution in [0.4, 0.5) is 0 Å². The molecule has 0 unspecified atom stereocenters. The van der Waals surface area contributed by atoms with E-state index in [2.05, 4.69) is 58.7 Å². The molecule has 0 spiro atoms. The number of hydrogen-bond acceptors (Lipinski definition) is 4. The first-order chi connectivity index (χ1) is 20.2. The third-order valence-corrected chi connectivity index (χ3v) is 8.37. The van der Waals surface area contributed by atoms with Crippen LogP contribution in [0.2, 0.25) is 0 Å². The maximum atomic E-state index is 12.9. The predicted molar refractivity (Wildman–Crippen MR) is 167 cm³/mol. The van der Waals surface area contributed by atoms with Crippen LogP contribution in [-0.2, 0) is 24.2 Å². The van der Waals surface area contributed by atoms with Gasteiger partial charge in [-0.1, -0.05) is 42.5 Å². The van der Waals surface area contributed by atoms with Gasteiger partial charge in [0.15, 0.2) is 0 Å². The van der Waals surface area contributed by atoms with E-state index in [1.54, 1.807) is 0 Å². The third-order valence-electron chi connectivity index (χ3n) is 8.37. The molecule has 2 aromatic heterocycles. The SMILES string of the molecule is Cc1cc(-c2cn3c(n2)CCCC3)cc2c1nc(C1CC1)n2Cc1ccc(-c2ccccc2C(=O)OC(C)(C)C)cc1. The lowest BCUT2D eigenvalue weighted by molar-refractivity contribution is 0.00704. The number of nitrogens with zero attached hydrogens (tertiary/aromatic N) is 4. The molecule has 2 aliphatic rings. The zero-order chi connectivity index (χ0) is 29.0. The molecule has 6 nitrogen and oxygen atoms in total. The van der Waals surface area contributed by atoms with E-state index < -0.39 is 5.60 Å². The molecule has 0 N–H and O–H groups in total. The second-order valence-corrected chi connectivity index (χ2v) is 12.9. The number of ether oxygens (including phenoxy) is 1. The van der Waals surface area contributed by atoms with E-state index in [0.29, 0.717) is 11.5 Å². The largest absolute Gasteiger partial charge is 0.456 e. The van der Waals surface area contributed by atoms with Crippen molar-refractivity contribution in [2.45, 2.75) is 84.4 Å². The van der Waals surface area contributed by atoms with Gasteiger partial charge in [-0.2, -0.15) is 0 Å². The first-order valence-electron chi connectivity index (χ1n) is 15.2. The summed E-state index contributed by atoms with van der Waals surface area (Å²) in [4.78, 5) is 23.1. The molecule has 7 rings (SSSR count). The van der Waals surface area contributed by atoms with Crippen LogP contribution in [0.25, 0.3) is 33.4 Å². The molecule has 42 heavy (non-hydrogen) atoms. The number of fused-ring (bicyclic) bond motifs is 2. The monoisotopic (exact) mass is 558 g/mol. The number of carbonyl (C=O) groups is 1. The zero-order valence-electron chi connectivity index (χ0n) is 25.0.